The van der Waals surface area contributed by atoms with Crippen LogP contribution in [0.1, 0.15) is 11.6 Å². The molecule has 4 rings (SSSR count). The fourth-order valence-electron chi connectivity index (χ4n) is 3.88. The van der Waals surface area contributed by atoms with Crippen molar-refractivity contribution < 1.29 is 19.0 Å². The number of halogens is 1. The number of H-pyrrole nitrogens is 1. The molecule has 1 fully saturated rings. The zero-order valence-electron chi connectivity index (χ0n) is 15.6. The number of benzene rings is 2. The Morgan fingerprint density at radius 1 is 1.18 bits per heavy atom. The van der Waals surface area contributed by atoms with E-state index in [0.717, 1.165) is 16.8 Å². The Labute approximate surface area is 162 Å². The molecule has 1 aromatic heterocycles. The Morgan fingerprint density at radius 2 is 1.96 bits per heavy atom. The molecule has 0 bridgehead atoms. The van der Waals surface area contributed by atoms with Crippen LogP contribution in [0.2, 0.25) is 0 Å². The third-order valence-corrected chi connectivity index (χ3v) is 5.30. The predicted octanol–water partition coefficient (Wildman–Crippen LogP) is 3.26. The number of ether oxygens (including phenoxy) is 1. The molecular weight excluding hydrogens is 361 g/mol. The van der Waals surface area contributed by atoms with Crippen LogP contribution in [0.15, 0.2) is 48.7 Å². The monoisotopic (exact) mass is 383 g/mol. The van der Waals surface area contributed by atoms with Crippen LogP contribution in [0.4, 0.5) is 10.1 Å². The van der Waals surface area contributed by atoms with Gasteiger partial charge in [0.15, 0.2) is 0 Å². The lowest BCUT2D eigenvalue weighted by molar-refractivity contribution is -0.143. The molecule has 0 spiro atoms. The number of aromatic amines is 1. The van der Waals surface area contributed by atoms with Crippen LogP contribution in [0.25, 0.3) is 10.9 Å². The number of carbonyl (C=O) groups is 1. The van der Waals surface area contributed by atoms with Gasteiger partial charge in [0.25, 0.3) is 0 Å². The maximum Gasteiger partial charge on any atom is 0.325 e. The van der Waals surface area contributed by atoms with Crippen molar-refractivity contribution in [3.63, 3.8) is 0 Å². The standard InChI is InChI=1S/C21H22FN3O3/c1-28-16-4-2-3-15(12-16)24-7-9-25(10-8-24)20(21(26)27)18-13-23-19-11-14(22)5-6-17(18)19/h2-6,11-13,20,23H,7-10H2,1H3,(H,26,27)/t20-/m1/s1. The van der Waals surface area contributed by atoms with Crippen molar-refractivity contribution >= 4 is 22.6 Å². The van der Waals surface area contributed by atoms with Crippen LogP contribution in [-0.2, 0) is 4.79 Å². The number of carboxylic acid groups (broad SMARTS) is 1. The minimum Gasteiger partial charge on any atom is -0.497 e. The minimum absolute atomic E-state index is 0.348. The van der Waals surface area contributed by atoms with Gasteiger partial charge in [0.05, 0.1) is 7.11 Å². The minimum atomic E-state index is -0.903. The summed E-state index contributed by atoms with van der Waals surface area (Å²) in [6.07, 6.45) is 1.68. The maximum atomic E-state index is 13.5. The molecule has 3 aromatic rings. The van der Waals surface area contributed by atoms with Crippen molar-refractivity contribution in [1.29, 1.82) is 0 Å². The van der Waals surface area contributed by atoms with Gasteiger partial charge in [-0.1, -0.05) is 6.07 Å². The van der Waals surface area contributed by atoms with E-state index in [4.69, 9.17) is 4.74 Å². The summed E-state index contributed by atoms with van der Waals surface area (Å²) in [7, 11) is 1.64. The summed E-state index contributed by atoms with van der Waals surface area (Å²) in [6.45, 7) is 2.66. The quantitative estimate of drug-likeness (QED) is 0.708. The molecule has 2 heterocycles. The third-order valence-electron chi connectivity index (χ3n) is 5.30. The number of nitrogens with zero attached hydrogens (tertiary/aromatic N) is 2. The molecule has 0 saturated carbocycles. The van der Waals surface area contributed by atoms with Gasteiger partial charge in [-0.15, -0.1) is 0 Å². The molecule has 1 aliphatic heterocycles. The predicted molar refractivity (Wildman–Crippen MR) is 105 cm³/mol. The first-order valence-corrected chi connectivity index (χ1v) is 9.19. The number of hydrogen-bond acceptors (Lipinski definition) is 4. The fraction of sp³-hybridized carbons (Fsp3) is 0.286. The number of nitrogens with one attached hydrogen (secondary N) is 1. The van der Waals surface area contributed by atoms with Gasteiger partial charge in [-0.05, 0) is 30.3 Å². The molecule has 0 radical (unpaired) electrons. The molecular formula is C21H22FN3O3. The zero-order valence-corrected chi connectivity index (χ0v) is 15.6. The number of piperazine rings is 1. The summed E-state index contributed by atoms with van der Waals surface area (Å²) in [5.74, 6) is -0.450. The highest BCUT2D eigenvalue weighted by atomic mass is 19.1. The van der Waals surface area contributed by atoms with Crippen molar-refractivity contribution in [1.82, 2.24) is 9.88 Å². The van der Waals surface area contributed by atoms with Crippen molar-refractivity contribution in [2.45, 2.75) is 6.04 Å². The Bertz CT molecular complexity index is 995. The zero-order chi connectivity index (χ0) is 19.7. The summed E-state index contributed by atoms with van der Waals surface area (Å²) >= 11 is 0. The summed E-state index contributed by atoms with van der Waals surface area (Å²) in [5.41, 5.74) is 2.34. The summed E-state index contributed by atoms with van der Waals surface area (Å²) in [6, 6.07) is 11.5. The first-order valence-electron chi connectivity index (χ1n) is 9.19. The van der Waals surface area contributed by atoms with Crippen molar-refractivity contribution in [2.24, 2.45) is 0 Å². The second-order valence-electron chi connectivity index (χ2n) is 6.90. The normalized spacial score (nSPS) is 16.3. The second-order valence-corrected chi connectivity index (χ2v) is 6.90. The first kappa shape index (κ1) is 18.3. The van der Waals surface area contributed by atoms with Gasteiger partial charge >= 0.3 is 5.97 Å². The smallest absolute Gasteiger partial charge is 0.325 e. The SMILES string of the molecule is COc1cccc(N2CCN([C@@H](C(=O)O)c3c[nH]c4cc(F)ccc34)CC2)c1. The van der Waals surface area contributed by atoms with E-state index in [0.29, 0.717) is 37.3 Å². The lowest BCUT2D eigenvalue weighted by Crippen LogP contribution is -2.49. The summed E-state index contributed by atoms with van der Waals surface area (Å²) in [5, 5.41) is 10.6. The fourth-order valence-corrected chi connectivity index (χ4v) is 3.88. The average molecular weight is 383 g/mol. The topological polar surface area (TPSA) is 68.8 Å². The van der Waals surface area contributed by atoms with E-state index in [1.807, 2.05) is 29.2 Å². The molecule has 0 unspecified atom stereocenters. The first-order chi connectivity index (χ1) is 13.6. The Kier molecular flexibility index (Phi) is 4.92. The molecule has 28 heavy (non-hydrogen) atoms. The Morgan fingerprint density at radius 3 is 2.68 bits per heavy atom. The number of methoxy groups -OCH3 is 1. The second kappa shape index (κ2) is 7.52. The van der Waals surface area contributed by atoms with Crippen LogP contribution in [0.3, 0.4) is 0 Å². The third kappa shape index (κ3) is 3.41. The van der Waals surface area contributed by atoms with Gasteiger partial charge in [-0.2, -0.15) is 0 Å². The Balaban J connectivity index is 1.54. The molecule has 1 atom stereocenters. The molecule has 1 aliphatic rings. The highest BCUT2D eigenvalue weighted by Crippen LogP contribution is 2.31. The maximum absolute atomic E-state index is 13.5. The van der Waals surface area contributed by atoms with Crippen LogP contribution in [-0.4, -0.2) is 54.2 Å². The number of carboxylic acids is 1. The molecule has 146 valence electrons. The average Bonchev–Trinajstić information content (AvgIpc) is 3.11. The molecule has 7 heteroatoms. The van der Waals surface area contributed by atoms with Gasteiger partial charge < -0.3 is 19.7 Å². The lowest BCUT2D eigenvalue weighted by atomic mass is 10.0. The molecule has 6 nitrogen and oxygen atoms in total. The van der Waals surface area contributed by atoms with E-state index in [2.05, 4.69) is 9.88 Å². The van der Waals surface area contributed by atoms with E-state index in [-0.39, 0.29) is 5.82 Å². The van der Waals surface area contributed by atoms with E-state index in [1.54, 1.807) is 19.4 Å². The van der Waals surface area contributed by atoms with Crippen molar-refractivity contribution in [2.75, 3.05) is 38.2 Å². The van der Waals surface area contributed by atoms with E-state index < -0.39 is 12.0 Å². The van der Waals surface area contributed by atoms with Gasteiger partial charge in [0.2, 0.25) is 0 Å². The van der Waals surface area contributed by atoms with Crippen LogP contribution in [0.5, 0.6) is 5.75 Å². The lowest BCUT2D eigenvalue weighted by Gasteiger charge is -2.38. The molecule has 0 amide bonds. The van der Waals surface area contributed by atoms with E-state index in [1.165, 1.54) is 12.1 Å². The number of fused-ring (bicyclic) bond motifs is 1. The van der Waals surface area contributed by atoms with Crippen molar-refractivity contribution in [3.05, 3.63) is 60.0 Å². The number of hydrogen-bond donors (Lipinski definition) is 2. The van der Waals surface area contributed by atoms with Crippen LogP contribution >= 0.6 is 0 Å². The summed E-state index contributed by atoms with van der Waals surface area (Å²) < 4.78 is 18.7. The Hall–Kier alpha value is -3.06. The van der Waals surface area contributed by atoms with E-state index in [9.17, 15) is 14.3 Å². The number of anilines is 1. The van der Waals surface area contributed by atoms with Crippen molar-refractivity contribution in [3.8, 4) is 5.75 Å². The van der Waals surface area contributed by atoms with Gasteiger partial charge in [-0.25, -0.2) is 4.39 Å². The van der Waals surface area contributed by atoms with Gasteiger partial charge in [0.1, 0.15) is 17.6 Å². The van der Waals surface area contributed by atoms with Crippen LogP contribution < -0.4 is 9.64 Å². The summed E-state index contributed by atoms with van der Waals surface area (Å²) in [4.78, 5) is 19.3. The number of rotatable bonds is 5. The van der Waals surface area contributed by atoms with Gasteiger partial charge in [-0.3, -0.25) is 9.69 Å². The molecule has 1 saturated heterocycles. The number of aromatic nitrogens is 1. The largest absolute Gasteiger partial charge is 0.497 e. The van der Waals surface area contributed by atoms with Crippen LogP contribution in [0, 0.1) is 5.82 Å². The number of aliphatic carboxylic acids is 1. The van der Waals surface area contributed by atoms with E-state index >= 15 is 0 Å². The highest BCUT2D eigenvalue weighted by Gasteiger charge is 2.32. The highest BCUT2D eigenvalue weighted by molar-refractivity contribution is 5.89. The van der Waals surface area contributed by atoms with Gasteiger partial charge in [0, 0.05) is 60.6 Å². The molecule has 2 N–H and O–H groups in total. The molecule has 2 aromatic carbocycles. The molecule has 0 aliphatic carbocycles.